The number of anilines is 1. The average molecular weight is 168 g/mol. The predicted molar refractivity (Wildman–Crippen MR) is 47.0 cm³/mol. The number of nitrogens with zero attached hydrogens (tertiary/aromatic N) is 1. The van der Waals surface area contributed by atoms with Crippen LogP contribution in [0.3, 0.4) is 0 Å². The molecule has 3 nitrogen and oxygen atoms in total. The Balaban J connectivity index is 2.57. The van der Waals surface area contributed by atoms with Gasteiger partial charge in [0.25, 0.3) is 0 Å². The molecule has 1 aromatic rings. The third-order valence-corrected chi connectivity index (χ3v) is 1.31. The van der Waals surface area contributed by atoms with Crippen molar-refractivity contribution in [3.05, 3.63) is 30.3 Å². The van der Waals surface area contributed by atoms with Crippen molar-refractivity contribution in [3.8, 4) is 0 Å². The Morgan fingerprint density at radius 2 is 2.00 bits per heavy atom. The van der Waals surface area contributed by atoms with E-state index in [1.54, 1.807) is 0 Å². The van der Waals surface area contributed by atoms with Crippen LogP contribution in [0.25, 0.3) is 0 Å². The van der Waals surface area contributed by atoms with E-state index >= 15 is 0 Å². The van der Waals surface area contributed by atoms with Gasteiger partial charge >= 0.3 is 0 Å². The van der Waals surface area contributed by atoms with Crippen molar-refractivity contribution < 1.29 is 4.79 Å². The summed E-state index contributed by atoms with van der Waals surface area (Å²) < 4.78 is 1.05. The van der Waals surface area contributed by atoms with Gasteiger partial charge < -0.3 is 0 Å². The van der Waals surface area contributed by atoms with Crippen molar-refractivity contribution >= 4 is 24.9 Å². The number of rotatable bonds is 3. The Bertz CT molecular complexity index is 227. The van der Waals surface area contributed by atoms with E-state index in [1.807, 2.05) is 30.3 Å². The number of carbonyl (C=O) groups excluding carboxylic acids is 1. The fourth-order valence-electron chi connectivity index (χ4n) is 0.671. The summed E-state index contributed by atoms with van der Waals surface area (Å²) >= 11 is 3.80. The first-order valence-corrected chi connectivity index (χ1v) is 3.48. The quantitative estimate of drug-likeness (QED) is 0.405. The van der Waals surface area contributed by atoms with Crippen LogP contribution in [0.5, 0.6) is 0 Å². The number of para-hydroxylation sites is 1. The van der Waals surface area contributed by atoms with E-state index in [1.165, 1.54) is 0 Å². The topological polar surface area (TPSA) is 32.3 Å². The Morgan fingerprint density at radius 3 is 2.55 bits per heavy atom. The number of carbonyl (C=O) groups is 1. The summed E-state index contributed by atoms with van der Waals surface area (Å²) in [6.45, 7) is 0. The van der Waals surface area contributed by atoms with Gasteiger partial charge in [0.05, 0.1) is 5.69 Å². The van der Waals surface area contributed by atoms with Crippen LogP contribution in [-0.4, -0.2) is 10.8 Å². The van der Waals surface area contributed by atoms with Crippen LogP contribution in [0.15, 0.2) is 30.3 Å². The van der Waals surface area contributed by atoms with Crippen LogP contribution < -0.4 is 5.43 Å². The van der Waals surface area contributed by atoms with E-state index in [4.69, 9.17) is 0 Å². The van der Waals surface area contributed by atoms with E-state index in [2.05, 4.69) is 18.2 Å². The molecule has 0 spiro atoms. The molecule has 0 saturated carbocycles. The molecular formula is C7H8N2OS. The van der Waals surface area contributed by atoms with Crippen molar-refractivity contribution in [1.29, 1.82) is 0 Å². The van der Waals surface area contributed by atoms with Gasteiger partial charge in [-0.3, -0.25) is 10.2 Å². The van der Waals surface area contributed by atoms with Gasteiger partial charge in [0, 0.05) is 0 Å². The van der Waals surface area contributed by atoms with Gasteiger partial charge in [-0.2, -0.15) is 0 Å². The lowest BCUT2D eigenvalue weighted by Gasteiger charge is -2.11. The second-order valence-electron chi connectivity index (χ2n) is 1.93. The highest BCUT2D eigenvalue weighted by Crippen LogP contribution is 2.05. The van der Waals surface area contributed by atoms with E-state index in [0.717, 1.165) is 10.1 Å². The molecule has 4 heteroatoms. The molecule has 0 radical (unpaired) electrons. The molecule has 0 saturated heterocycles. The maximum Gasteiger partial charge on any atom is 0.238 e. The summed E-state index contributed by atoms with van der Waals surface area (Å²) in [6, 6.07) is 9.32. The van der Waals surface area contributed by atoms with Gasteiger partial charge in [-0.05, 0) is 24.9 Å². The van der Waals surface area contributed by atoms with Crippen molar-refractivity contribution in [2.75, 3.05) is 5.43 Å². The molecule has 0 aliphatic heterocycles. The van der Waals surface area contributed by atoms with Gasteiger partial charge in [0.1, 0.15) is 0 Å². The Labute approximate surface area is 70.5 Å². The van der Waals surface area contributed by atoms with Gasteiger partial charge in [-0.1, -0.05) is 18.2 Å². The second kappa shape index (κ2) is 3.88. The van der Waals surface area contributed by atoms with Gasteiger partial charge in [-0.25, -0.2) is 4.41 Å². The molecule has 0 aliphatic rings. The minimum Gasteiger partial charge on any atom is -0.286 e. The van der Waals surface area contributed by atoms with E-state index in [0.29, 0.717) is 6.41 Å². The van der Waals surface area contributed by atoms with Gasteiger partial charge in [0.2, 0.25) is 6.41 Å². The molecule has 0 heterocycles. The van der Waals surface area contributed by atoms with Crippen LogP contribution in [0.1, 0.15) is 0 Å². The van der Waals surface area contributed by atoms with Crippen molar-refractivity contribution in [2.45, 2.75) is 0 Å². The lowest BCUT2D eigenvalue weighted by atomic mass is 10.3. The van der Waals surface area contributed by atoms with Crippen LogP contribution in [0, 0.1) is 0 Å². The maximum absolute atomic E-state index is 10.1. The molecule has 0 fully saturated rings. The number of hydrazine groups is 1. The molecule has 0 unspecified atom stereocenters. The summed E-state index contributed by atoms with van der Waals surface area (Å²) in [7, 11) is 0. The van der Waals surface area contributed by atoms with Crippen molar-refractivity contribution in [1.82, 2.24) is 4.41 Å². The SMILES string of the molecule is O=CN(S)Nc1ccccc1. The monoisotopic (exact) mass is 168 g/mol. The Morgan fingerprint density at radius 1 is 1.36 bits per heavy atom. The molecular weight excluding hydrogens is 160 g/mol. The minimum absolute atomic E-state index is 0.579. The first-order chi connectivity index (χ1) is 5.33. The zero-order valence-electron chi connectivity index (χ0n) is 5.77. The molecule has 0 bridgehead atoms. The van der Waals surface area contributed by atoms with Crippen LogP contribution in [0.2, 0.25) is 0 Å². The zero-order valence-corrected chi connectivity index (χ0v) is 6.66. The fraction of sp³-hybridized carbons (Fsp3) is 0. The van der Waals surface area contributed by atoms with E-state index < -0.39 is 0 Å². The highest BCUT2D eigenvalue weighted by atomic mass is 32.1. The third-order valence-electron chi connectivity index (χ3n) is 1.12. The van der Waals surface area contributed by atoms with Crippen LogP contribution in [0.4, 0.5) is 5.69 Å². The first kappa shape index (κ1) is 7.94. The fourth-order valence-corrected chi connectivity index (χ4v) is 0.787. The normalized spacial score (nSPS) is 8.82. The van der Waals surface area contributed by atoms with Crippen molar-refractivity contribution in [3.63, 3.8) is 0 Å². The predicted octanol–water partition coefficient (Wildman–Crippen LogP) is 1.32. The molecule has 1 amide bonds. The zero-order chi connectivity index (χ0) is 8.10. The minimum atomic E-state index is 0.579. The second-order valence-corrected chi connectivity index (χ2v) is 2.36. The number of amides is 1. The Hall–Kier alpha value is -1.16. The standard InChI is InChI=1S/C7H8N2OS/c10-6-9(11)8-7-4-2-1-3-5-7/h1-6,8,11H. The number of hydrogen-bond acceptors (Lipinski definition) is 3. The molecule has 0 atom stereocenters. The summed E-state index contributed by atoms with van der Waals surface area (Å²) in [4.78, 5) is 10.1. The van der Waals surface area contributed by atoms with Crippen molar-refractivity contribution in [2.24, 2.45) is 0 Å². The molecule has 1 rings (SSSR count). The molecule has 1 aromatic carbocycles. The molecule has 0 aliphatic carbocycles. The lowest BCUT2D eigenvalue weighted by molar-refractivity contribution is -0.112. The third kappa shape index (κ3) is 2.51. The summed E-state index contributed by atoms with van der Waals surface area (Å²) in [6.07, 6.45) is 0.579. The van der Waals surface area contributed by atoms with E-state index in [9.17, 15) is 4.79 Å². The largest absolute Gasteiger partial charge is 0.286 e. The summed E-state index contributed by atoms with van der Waals surface area (Å²) in [5, 5.41) is 0. The number of thiol groups is 1. The Kier molecular flexibility index (Phi) is 2.80. The van der Waals surface area contributed by atoms with Gasteiger partial charge in [-0.15, -0.1) is 0 Å². The number of nitrogens with one attached hydrogen (secondary N) is 1. The summed E-state index contributed by atoms with van der Waals surface area (Å²) in [5.41, 5.74) is 3.55. The molecule has 11 heavy (non-hydrogen) atoms. The maximum atomic E-state index is 10.1. The average Bonchev–Trinajstić information content (AvgIpc) is 2.06. The van der Waals surface area contributed by atoms with E-state index in [-0.39, 0.29) is 0 Å². The highest BCUT2D eigenvalue weighted by molar-refractivity contribution is 7.78. The highest BCUT2D eigenvalue weighted by Gasteiger charge is 1.91. The van der Waals surface area contributed by atoms with Crippen LogP contribution in [-0.2, 0) is 4.79 Å². The number of hydrogen-bond donors (Lipinski definition) is 2. The smallest absolute Gasteiger partial charge is 0.238 e. The molecule has 58 valence electrons. The number of benzene rings is 1. The summed E-state index contributed by atoms with van der Waals surface area (Å²) in [5.74, 6) is 0. The van der Waals surface area contributed by atoms with Gasteiger partial charge in [0.15, 0.2) is 0 Å². The first-order valence-electron chi connectivity index (χ1n) is 3.08. The molecule has 1 N–H and O–H groups in total. The van der Waals surface area contributed by atoms with Crippen LogP contribution >= 0.6 is 12.8 Å². The lowest BCUT2D eigenvalue weighted by Crippen LogP contribution is -2.17. The molecule has 0 aromatic heterocycles.